The van der Waals surface area contributed by atoms with Gasteiger partial charge in [-0.05, 0) is 55.3 Å². The van der Waals surface area contributed by atoms with Crippen LogP contribution in [0.15, 0.2) is 66.8 Å². The molecular weight excluding hydrogens is 426 g/mol. The molecule has 6 nitrogen and oxygen atoms in total. The third-order valence-electron chi connectivity index (χ3n) is 6.59. The Hall–Kier alpha value is -3.90. The van der Waals surface area contributed by atoms with Crippen LogP contribution in [0.25, 0.3) is 17.0 Å². The van der Waals surface area contributed by atoms with Crippen LogP contribution in [0.4, 0.5) is 0 Å². The summed E-state index contributed by atoms with van der Waals surface area (Å²) in [4.78, 5) is 19.7. The standard InChI is InChI=1S/C28H25N3O3/c1-3-31-15-20(21-6-4-5-7-23(21)31)13-25-27(32)26-18(2)12-24-22(28(26)34-25)16-30(17-33-24)14-19-8-10-29-11-9-19/h4-13,15H,3,14,16-17H2,1-2H3/b25-13-. The van der Waals surface area contributed by atoms with Crippen molar-refractivity contribution in [2.24, 2.45) is 0 Å². The number of nitrogens with zero attached hydrogens (tertiary/aromatic N) is 3. The number of allylic oxidation sites excluding steroid dienone is 1. The molecule has 0 fully saturated rings. The summed E-state index contributed by atoms with van der Waals surface area (Å²) in [7, 11) is 0. The Bertz CT molecular complexity index is 1450. The number of aryl methyl sites for hydroxylation is 2. The molecule has 0 unspecified atom stereocenters. The van der Waals surface area contributed by atoms with Gasteiger partial charge in [0.2, 0.25) is 5.78 Å². The summed E-state index contributed by atoms with van der Waals surface area (Å²) in [5.74, 6) is 1.70. The number of carbonyl (C=O) groups excluding carboxylic acids is 1. The SMILES string of the molecule is CCn1cc(/C=C2\Oc3c4c(cc(C)c3C2=O)OCN(Cc2ccncc2)C4)c2ccccc21. The fraction of sp³-hybridized carbons (Fsp3) is 0.214. The topological polar surface area (TPSA) is 56.6 Å². The van der Waals surface area contributed by atoms with Crippen LogP contribution in [-0.4, -0.2) is 27.0 Å². The number of hydrogen-bond donors (Lipinski definition) is 0. The van der Waals surface area contributed by atoms with Gasteiger partial charge in [0.15, 0.2) is 5.76 Å². The average Bonchev–Trinajstić information content (AvgIpc) is 3.38. The number of carbonyl (C=O) groups is 1. The Morgan fingerprint density at radius 2 is 1.97 bits per heavy atom. The van der Waals surface area contributed by atoms with E-state index in [-0.39, 0.29) is 5.78 Å². The summed E-state index contributed by atoms with van der Waals surface area (Å²) >= 11 is 0. The molecule has 6 rings (SSSR count). The molecule has 0 radical (unpaired) electrons. The molecule has 0 saturated heterocycles. The quantitative estimate of drug-likeness (QED) is 0.393. The molecule has 2 aromatic heterocycles. The third kappa shape index (κ3) is 3.38. The van der Waals surface area contributed by atoms with E-state index in [1.54, 1.807) is 12.4 Å². The van der Waals surface area contributed by atoms with Gasteiger partial charge in [-0.25, -0.2) is 0 Å². The second-order valence-electron chi connectivity index (χ2n) is 8.82. The van der Waals surface area contributed by atoms with Crippen LogP contribution in [0, 0.1) is 6.92 Å². The van der Waals surface area contributed by atoms with Crippen LogP contribution >= 0.6 is 0 Å². The molecule has 0 saturated carbocycles. The number of benzene rings is 2. The van der Waals surface area contributed by atoms with Crippen molar-refractivity contribution in [3.63, 3.8) is 0 Å². The van der Waals surface area contributed by atoms with Crippen molar-refractivity contribution in [3.8, 4) is 11.5 Å². The molecule has 34 heavy (non-hydrogen) atoms. The minimum atomic E-state index is -0.0742. The van der Waals surface area contributed by atoms with Crippen molar-refractivity contribution >= 4 is 22.8 Å². The van der Waals surface area contributed by atoms with E-state index in [0.29, 0.717) is 30.3 Å². The molecule has 0 bridgehead atoms. The molecule has 0 spiro atoms. The molecule has 170 valence electrons. The van der Waals surface area contributed by atoms with Crippen molar-refractivity contribution < 1.29 is 14.3 Å². The Balaban J connectivity index is 1.36. The van der Waals surface area contributed by atoms with E-state index < -0.39 is 0 Å². The summed E-state index contributed by atoms with van der Waals surface area (Å²) in [6.07, 6.45) is 7.55. The van der Waals surface area contributed by atoms with Crippen LogP contribution in [0.5, 0.6) is 11.5 Å². The number of aromatic nitrogens is 2. The Kier molecular flexibility index (Phi) is 4.96. The van der Waals surface area contributed by atoms with Gasteiger partial charge in [0.25, 0.3) is 0 Å². The molecule has 2 aromatic carbocycles. The van der Waals surface area contributed by atoms with E-state index in [9.17, 15) is 4.79 Å². The lowest BCUT2D eigenvalue weighted by Crippen LogP contribution is -2.31. The van der Waals surface area contributed by atoms with Gasteiger partial charge in [0.1, 0.15) is 18.2 Å². The lowest BCUT2D eigenvalue weighted by molar-refractivity contribution is 0.0872. The number of ketones is 1. The molecule has 2 aliphatic heterocycles. The molecule has 6 heteroatoms. The van der Waals surface area contributed by atoms with Crippen molar-refractivity contribution in [1.29, 1.82) is 0 Å². The zero-order valence-corrected chi connectivity index (χ0v) is 19.2. The second kappa shape index (κ2) is 8.15. The lowest BCUT2D eigenvalue weighted by Gasteiger charge is -2.30. The van der Waals surface area contributed by atoms with Crippen molar-refractivity contribution in [2.75, 3.05) is 6.73 Å². The highest BCUT2D eigenvalue weighted by molar-refractivity contribution is 6.16. The van der Waals surface area contributed by atoms with Crippen molar-refractivity contribution in [3.05, 3.63) is 94.6 Å². The number of Topliss-reactive ketones (excluding diaryl/α,β-unsaturated/α-hetero) is 1. The number of pyridine rings is 1. The predicted octanol–water partition coefficient (Wildman–Crippen LogP) is 5.33. The van der Waals surface area contributed by atoms with Gasteiger partial charge in [-0.1, -0.05) is 18.2 Å². The molecule has 0 N–H and O–H groups in total. The number of ether oxygens (including phenoxy) is 2. The van der Waals surface area contributed by atoms with Gasteiger partial charge in [-0.15, -0.1) is 0 Å². The minimum Gasteiger partial charge on any atom is -0.478 e. The molecule has 0 amide bonds. The van der Waals surface area contributed by atoms with Crippen LogP contribution < -0.4 is 9.47 Å². The first-order valence-electron chi connectivity index (χ1n) is 11.5. The third-order valence-corrected chi connectivity index (χ3v) is 6.59. The second-order valence-corrected chi connectivity index (χ2v) is 8.82. The maximum absolute atomic E-state index is 13.4. The first-order chi connectivity index (χ1) is 16.6. The van der Waals surface area contributed by atoms with Gasteiger partial charge in [0, 0.05) is 54.7 Å². The van der Waals surface area contributed by atoms with Crippen LogP contribution in [0.3, 0.4) is 0 Å². The molecule has 4 aromatic rings. The molecular formula is C28H25N3O3. The number of para-hydroxylation sites is 1. The largest absolute Gasteiger partial charge is 0.478 e. The van der Waals surface area contributed by atoms with E-state index >= 15 is 0 Å². The maximum atomic E-state index is 13.4. The molecule has 0 aliphatic carbocycles. The van der Waals surface area contributed by atoms with Gasteiger partial charge in [-0.2, -0.15) is 0 Å². The molecule has 0 atom stereocenters. The smallest absolute Gasteiger partial charge is 0.232 e. The highest BCUT2D eigenvalue weighted by Crippen LogP contribution is 2.44. The van der Waals surface area contributed by atoms with Gasteiger partial charge in [-0.3, -0.25) is 14.7 Å². The van der Waals surface area contributed by atoms with E-state index in [4.69, 9.17) is 9.47 Å². The van der Waals surface area contributed by atoms with Crippen LogP contribution in [0.2, 0.25) is 0 Å². The molecule has 4 heterocycles. The average molecular weight is 452 g/mol. The van der Waals surface area contributed by atoms with E-state index in [1.165, 1.54) is 0 Å². The van der Waals surface area contributed by atoms with Gasteiger partial charge in [0.05, 0.1) is 11.1 Å². The lowest BCUT2D eigenvalue weighted by atomic mass is 9.98. The summed E-state index contributed by atoms with van der Waals surface area (Å²) in [5, 5.41) is 1.11. The maximum Gasteiger partial charge on any atom is 0.232 e. The Labute approximate surface area is 198 Å². The summed E-state index contributed by atoms with van der Waals surface area (Å²) in [5.41, 5.74) is 5.73. The summed E-state index contributed by atoms with van der Waals surface area (Å²) in [6.45, 7) is 6.78. The zero-order chi connectivity index (χ0) is 23.2. The first-order valence-corrected chi connectivity index (χ1v) is 11.5. The number of fused-ring (bicyclic) bond motifs is 4. The Morgan fingerprint density at radius 3 is 2.79 bits per heavy atom. The van der Waals surface area contributed by atoms with E-state index in [0.717, 1.165) is 52.0 Å². The Morgan fingerprint density at radius 1 is 1.15 bits per heavy atom. The summed E-state index contributed by atoms with van der Waals surface area (Å²) < 4.78 is 14.5. The first kappa shape index (κ1) is 20.7. The predicted molar refractivity (Wildman–Crippen MR) is 131 cm³/mol. The number of rotatable bonds is 4. The van der Waals surface area contributed by atoms with E-state index in [1.807, 2.05) is 43.3 Å². The highest BCUT2D eigenvalue weighted by Gasteiger charge is 2.35. The fourth-order valence-electron chi connectivity index (χ4n) is 4.92. The summed E-state index contributed by atoms with van der Waals surface area (Å²) in [6, 6.07) is 14.2. The van der Waals surface area contributed by atoms with Crippen LogP contribution in [-0.2, 0) is 19.6 Å². The highest BCUT2D eigenvalue weighted by atomic mass is 16.5. The van der Waals surface area contributed by atoms with E-state index in [2.05, 4.69) is 39.7 Å². The fourth-order valence-corrected chi connectivity index (χ4v) is 4.92. The van der Waals surface area contributed by atoms with Crippen LogP contribution in [0.1, 0.15) is 39.5 Å². The van der Waals surface area contributed by atoms with Gasteiger partial charge >= 0.3 is 0 Å². The van der Waals surface area contributed by atoms with Gasteiger partial charge < -0.3 is 14.0 Å². The van der Waals surface area contributed by atoms with Crippen molar-refractivity contribution in [2.45, 2.75) is 33.5 Å². The number of hydrogen-bond acceptors (Lipinski definition) is 5. The van der Waals surface area contributed by atoms with Crippen molar-refractivity contribution in [1.82, 2.24) is 14.5 Å². The zero-order valence-electron chi connectivity index (χ0n) is 19.2. The molecule has 2 aliphatic rings. The normalized spacial score (nSPS) is 16.4. The minimum absolute atomic E-state index is 0.0742. The monoisotopic (exact) mass is 451 g/mol.